The number of carbonyl (C=O) groups is 1. The number of hydrogen-bond acceptors (Lipinski definition) is 5. The van der Waals surface area contributed by atoms with Crippen LogP contribution >= 0.6 is 0 Å². The molecule has 0 spiro atoms. The van der Waals surface area contributed by atoms with Crippen molar-refractivity contribution >= 4 is 31.5 Å². The highest BCUT2D eigenvalue weighted by Crippen LogP contribution is 2.22. The fourth-order valence-corrected chi connectivity index (χ4v) is 5.85. The SMILES string of the molecule is CCCCCS(=O)(=O)CC(=O)Nc1cccc(S(=O)(=O)N2CCCCC2)c1. The summed E-state index contributed by atoms with van der Waals surface area (Å²) in [6.45, 7) is 2.97. The number of nitrogens with one attached hydrogen (secondary N) is 1. The van der Waals surface area contributed by atoms with Crippen molar-refractivity contribution < 1.29 is 21.6 Å². The average Bonchev–Trinajstić information content (AvgIpc) is 2.62. The van der Waals surface area contributed by atoms with Crippen molar-refractivity contribution in [2.24, 2.45) is 0 Å². The van der Waals surface area contributed by atoms with Crippen LogP contribution in [0.15, 0.2) is 29.2 Å². The second kappa shape index (κ2) is 9.66. The van der Waals surface area contributed by atoms with Crippen molar-refractivity contribution in [1.82, 2.24) is 4.31 Å². The zero-order valence-electron chi connectivity index (χ0n) is 15.7. The van der Waals surface area contributed by atoms with Gasteiger partial charge in [-0.25, -0.2) is 16.8 Å². The molecule has 1 heterocycles. The van der Waals surface area contributed by atoms with Gasteiger partial charge in [0.2, 0.25) is 15.9 Å². The van der Waals surface area contributed by atoms with Gasteiger partial charge in [0.1, 0.15) is 5.75 Å². The summed E-state index contributed by atoms with van der Waals surface area (Å²) in [5.74, 6) is -1.27. The number of benzene rings is 1. The first-order chi connectivity index (χ1) is 12.7. The summed E-state index contributed by atoms with van der Waals surface area (Å²) in [6, 6.07) is 5.96. The van der Waals surface area contributed by atoms with Crippen LogP contribution in [-0.4, -0.2) is 51.6 Å². The Bertz CT molecular complexity index is 844. The third-order valence-corrected chi connectivity index (χ3v) is 7.99. The molecule has 2 rings (SSSR count). The van der Waals surface area contributed by atoms with Gasteiger partial charge in [0.15, 0.2) is 9.84 Å². The molecule has 1 saturated heterocycles. The first kappa shape index (κ1) is 21.8. The van der Waals surface area contributed by atoms with Crippen LogP contribution in [0.1, 0.15) is 45.4 Å². The Kier molecular flexibility index (Phi) is 7.81. The molecule has 0 aromatic heterocycles. The number of sulfonamides is 1. The molecule has 1 fully saturated rings. The second-order valence-corrected chi connectivity index (χ2v) is 11.0. The Morgan fingerprint density at radius 1 is 1.07 bits per heavy atom. The van der Waals surface area contributed by atoms with E-state index >= 15 is 0 Å². The number of rotatable bonds is 9. The lowest BCUT2D eigenvalue weighted by atomic mass is 10.2. The number of hydrogen-bond donors (Lipinski definition) is 1. The van der Waals surface area contributed by atoms with Crippen LogP contribution in [-0.2, 0) is 24.7 Å². The van der Waals surface area contributed by atoms with Gasteiger partial charge in [0, 0.05) is 18.8 Å². The molecule has 152 valence electrons. The number of sulfone groups is 1. The summed E-state index contributed by atoms with van der Waals surface area (Å²) < 4.78 is 50.8. The number of piperidine rings is 1. The van der Waals surface area contributed by atoms with Gasteiger partial charge in [-0.3, -0.25) is 4.79 Å². The maximum absolute atomic E-state index is 12.7. The highest BCUT2D eigenvalue weighted by atomic mass is 32.2. The zero-order chi connectivity index (χ0) is 19.9. The largest absolute Gasteiger partial charge is 0.325 e. The third kappa shape index (κ3) is 6.58. The monoisotopic (exact) mass is 416 g/mol. The van der Waals surface area contributed by atoms with Gasteiger partial charge in [-0.05, 0) is 37.5 Å². The van der Waals surface area contributed by atoms with Crippen LogP contribution in [0.2, 0.25) is 0 Å². The van der Waals surface area contributed by atoms with Gasteiger partial charge in [0.05, 0.1) is 10.6 Å². The Hall–Kier alpha value is -1.45. The Morgan fingerprint density at radius 3 is 2.44 bits per heavy atom. The van der Waals surface area contributed by atoms with E-state index in [0.717, 1.165) is 32.1 Å². The quantitative estimate of drug-likeness (QED) is 0.623. The van der Waals surface area contributed by atoms with Crippen LogP contribution in [0.4, 0.5) is 5.69 Å². The number of amides is 1. The first-order valence-corrected chi connectivity index (χ1v) is 12.6. The Morgan fingerprint density at radius 2 is 1.78 bits per heavy atom. The van der Waals surface area contributed by atoms with E-state index in [9.17, 15) is 21.6 Å². The van der Waals surface area contributed by atoms with Gasteiger partial charge >= 0.3 is 0 Å². The van der Waals surface area contributed by atoms with Crippen molar-refractivity contribution in [2.45, 2.75) is 50.3 Å². The number of anilines is 1. The third-order valence-electron chi connectivity index (χ3n) is 4.48. The predicted octanol–water partition coefficient (Wildman–Crippen LogP) is 2.40. The van der Waals surface area contributed by atoms with E-state index in [0.29, 0.717) is 19.5 Å². The summed E-state index contributed by atoms with van der Waals surface area (Å²) in [6.07, 6.45) is 4.94. The highest BCUT2D eigenvalue weighted by Gasteiger charge is 2.26. The topological polar surface area (TPSA) is 101 Å². The van der Waals surface area contributed by atoms with Crippen LogP contribution < -0.4 is 5.32 Å². The predicted molar refractivity (Wildman–Crippen MR) is 106 cm³/mol. The van der Waals surface area contributed by atoms with E-state index in [1.165, 1.54) is 16.4 Å². The summed E-state index contributed by atoms with van der Waals surface area (Å²) in [4.78, 5) is 12.2. The van der Waals surface area contributed by atoms with Crippen LogP contribution in [0, 0.1) is 0 Å². The van der Waals surface area contributed by atoms with Crippen LogP contribution in [0.3, 0.4) is 0 Å². The van der Waals surface area contributed by atoms with Crippen LogP contribution in [0.5, 0.6) is 0 Å². The molecule has 0 radical (unpaired) electrons. The van der Waals surface area contributed by atoms with Crippen molar-refractivity contribution in [2.75, 3.05) is 29.9 Å². The maximum atomic E-state index is 12.7. The Labute approximate surface area is 162 Å². The maximum Gasteiger partial charge on any atom is 0.243 e. The molecule has 27 heavy (non-hydrogen) atoms. The summed E-state index contributed by atoms with van der Waals surface area (Å²) in [5, 5.41) is 2.50. The highest BCUT2D eigenvalue weighted by molar-refractivity contribution is 7.92. The Balaban J connectivity index is 2.03. The second-order valence-electron chi connectivity index (χ2n) is 6.84. The normalized spacial score (nSPS) is 16.2. The minimum absolute atomic E-state index is 0.0162. The lowest BCUT2D eigenvalue weighted by molar-refractivity contribution is -0.113. The van der Waals surface area contributed by atoms with E-state index in [1.54, 1.807) is 12.1 Å². The van der Waals surface area contributed by atoms with E-state index in [-0.39, 0.29) is 16.3 Å². The molecule has 1 amide bonds. The van der Waals surface area contributed by atoms with Gasteiger partial charge in [0.25, 0.3) is 0 Å². The van der Waals surface area contributed by atoms with Crippen molar-refractivity contribution in [3.8, 4) is 0 Å². The van der Waals surface area contributed by atoms with Crippen molar-refractivity contribution in [3.63, 3.8) is 0 Å². The molecule has 0 bridgehead atoms. The summed E-state index contributed by atoms with van der Waals surface area (Å²) in [5.41, 5.74) is 0.279. The summed E-state index contributed by atoms with van der Waals surface area (Å²) in [7, 11) is -7.07. The number of nitrogens with zero attached hydrogens (tertiary/aromatic N) is 1. The molecule has 1 N–H and O–H groups in total. The number of unbranched alkanes of at least 4 members (excludes halogenated alkanes) is 2. The van der Waals surface area contributed by atoms with E-state index in [4.69, 9.17) is 0 Å². The molecule has 0 aliphatic carbocycles. The van der Waals surface area contributed by atoms with E-state index < -0.39 is 31.5 Å². The fourth-order valence-electron chi connectivity index (χ4n) is 3.03. The van der Waals surface area contributed by atoms with E-state index in [2.05, 4.69) is 5.32 Å². The molecule has 1 aromatic carbocycles. The molecule has 7 nitrogen and oxygen atoms in total. The van der Waals surface area contributed by atoms with Gasteiger partial charge < -0.3 is 5.32 Å². The molecule has 1 aliphatic rings. The minimum Gasteiger partial charge on any atom is -0.325 e. The van der Waals surface area contributed by atoms with Gasteiger partial charge in [-0.1, -0.05) is 32.3 Å². The molecule has 1 aromatic rings. The standard InChI is InChI=1S/C18H28N2O5S2/c1-2-3-7-13-26(22,23)15-18(21)19-16-9-8-10-17(14-16)27(24,25)20-11-5-4-6-12-20/h8-10,14H,2-7,11-13,15H2,1H3,(H,19,21). The van der Waals surface area contributed by atoms with Crippen LogP contribution in [0.25, 0.3) is 0 Å². The minimum atomic E-state index is -3.61. The van der Waals surface area contributed by atoms with E-state index in [1.807, 2.05) is 6.92 Å². The molecular weight excluding hydrogens is 388 g/mol. The molecule has 0 saturated carbocycles. The van der Waals surface area contributed by atoms with Crippen molar-refractivity contribution in [3.05, 3.63) is 24.3 Å². The molecule has 0 atom stereocenters. The van der Waals surface area contributed by atoms with Gasteiger partial charge in [-0.2, -0.15) is 4.31 Å². The lowest BCUT2D eigenvalue weighted by Crippen LogP contribution is -2.35. The first-order valence-electron chi connectivity index (χ1n) is 9.35. The van der Waals surface area contributed by atoms with Crippen molar-refractivity contribution in [1.29, 1.82) is 0 Å². The fraction of sp³-hybridized carbons (Fsp3) is 0.611. The average molecular weight is 417 g/mol. The summed E-state index contributed by atoms with van der Waals surface area (Å²) >= 11 is 0. The molecular formula is C18H28N2O5S2. The molecule has 0 unspecified atom stereocenters. The lowest BCUT2D eigenvalue weighted by Gasteiger charge is -2.26. The van der Waals surface area contributed by atoms with Gasteiger partial charge in [-0.15, -0.1) is 0 Å². The molecule has 1 aliphatic heterocycles. The smallest absolute Gasteiger partial charge is 0.243 e. The number of carbonyl (C=O) groups excluding carboxylic acids is 1. The molecule has 9 heteroatoms. The zero-order valence-corrected chi connectivity index (χ0v) is 17.3.